The molecule has 0 radical (unpaired) electrons. The average molecular weight is 232 g/mol. The highest BCUT2D eigenvalue weighted by Gasteiger charge is 2.30. The first-order chi connectivity index (χ1) is 7.43. The van der Waals surface area contributed by atoms with Gasteiger partial charge in [0.1, 0.15) is 18.5 Å². The second kappa shape index (κ2) is 5.03. The molecule has 2 nitrogen and oxygen atoms in total. The summed E-state index contributed by atoms with van der Waals surface area (Å²) in [5.74, 6) is 0.0655. The molecule has 1 aromatic carbocycles. The smallest absolute Gasteiger partial charge is 0.416 e. The van der Waals surface area contributed by atoms with Gasteiger partial charge in [-0.1, -0.05) is 12.1 Å². The number of halogens is 3. The number of hydrogen-bond acceptors (Lipinski definition) is 2. The van der Waals surface area contributed by atoms with E-state index < -0.39 is 17.8 Å². The molecule has 0 heterocycles. The van der Waals surface area contributed by atoms with Crippen LogP contribution in [-0.4, -0.2) is 17.8 Å². The van der Waals surface area contributed by atoms with E-state index in [1.807, 2.05) is 0 Å². The summed E-state index contributed by atoms with van der Waals surface area (Å²) in [5, 5.41) is 9.08. The zero-order valence-electron chi connectivity index (χ0n) is 8.37. The van der Waals surface area contributed by atoms with Crippen LogP contribution in [0.4, 0.5) is 13.2 Å². The first-order valence-corrected chi connectivity index (χ1v) is 4.54. The monoisotopic (exact) mass is 232 g/mol. The molecule has 16 heavy (non-hydrogen) atoms. The highest BCUT2D eigenvalue weighted by atomic mass is 19.4. The normalized spacial score (nSPS) is 13.2. The Morgan fingerprint density at radius 1 is 1.44 bits per heavy atom. The summed E-state index contributed by atoms with van der Waals surface area (Å²) in [6, 6.07) is 4.48. The average Bonchev–Trinajstić information content (AvgIpc) is 2.25. The second-order valence-corrected chi connectivity index (χ2v) is 3.14. The van der Waals surface area contributed by atoms with E-state index in [1.165, 1.54) is 18.2 Å². The van der Waals surface area contributed by atoms with Crippen LogP contribution in [0.5, 0.6) is 5.75 Å². The van der Waals surface area contributed by atoms with Crippen molar-refractivity contribution >= 4 is 0 Å². The third-order valence-corrected chi connectivity index (χ3v) is 1.85. The van der Waals surface area contributed by atoms with Crippen molar-refractivity contribution in [2.75, 3.05) is 6.61 Å². The third kappa shape index (κ3) is 3.58. The number of rotatable bonds is 4. The largest absolute Gasteiger partial charge is 0.491 e. The topological polar surface area (TPSA) is 29.5 Å². The highest BCUT2D eigenvalue weighted by molar-refractivity contribution is 5.30. The predicted molar refractivity (Wildman–Crippen MR) is 53.1 cm³/mol. The standard InChI is InChI=1S/C11H11F3O2/c1-2-9(15)7-16-10-5-3-4-8(6-10)11(12,13)14/h2-6,9,15H,1,7H2/t9-/m1/s1. The molecule has 1 atom stereocenters. The van der Waals surface area contributed by atoms with Crippen LogP contribution in [0.1, 0.15) is 5.56 Å². The Labute approximate surface area is 91.0 Å². The maximum Gasteiger partial charge on any atom is 0.416 e. The Kier molecular flexibility index (Phi) is 3.95. The van der Waals surface area contributed by atoms with Gasteiger partial charge < -0.3 is 9.84 Å². The first-order valence-electron chi connectivity index (χ1n) is 4.54. The van der Waals surface area contributed by atoms with Crippen molar-refractivity contribution in [2.45, 2.75) is 12.3 Å². The van der Waals surface area contributed by atoms with Crippen LogP contribution in [0.3, 0.4) is 0 Å². The zero-order valence-corrected chi connectivity index (χ0v) is 8.37. The van der Waals surface area contributed by atoms with Crippen LogP contribution in [0.2, 0.25) is 0 Å². The van der Waals surface area contributed by atoms with Gasteiger partial charge in [-0.3, -0.25) is 0 Å². The lowest BCUT2D eigenvalue weighted by atomic mass is 10.2. The molecule has 0 fully saturated rings. The Morgan fingerprint density at radius 3 is 2.69 bits per heavy atom. The molecule has 0 saturated heterocycles. The molecular formula is C11H11F3O2. The number of alkyl halides is 3. The lowest BCUT2D eigenvalue weighted by molar-refractivity contribution is -0.137. The van der Waals surface area contributed by atoms with Crippen molar-refractivity contribution in [3.63, 3.8) is 0 Å². The van der Waals surface area contributed by atoms with E-state index >= 15 is 0 Å². The van der Waals surface area contributed by atoms with Gasteiger partial charge in [0.05, 0.1) is 5.56 Å². The van der Waals surface area contributed by atoms with Crippen LogP contribution in [0.15, 0.2) is 36.9 Å². The number of hydrogen-bond donors (Lipinski definition) is 1. The van der Waals surface area contributed by atoms with E-state index in [9.17, 15) is 13.2 Å². The van der Waals surface area contributed by atoms with Crippen molar-refractivity contribution in [1.82, 2.24) is 0 Å². The molecule has 5 heteroatoms. The van der Waals surface area contributed by atoms with E-state index in [2.05, 4.69) is 6.58 Å². The van der Waals surface area contributed by atoms with Gasteiger partial charge in [0.15, 0.2) is 0 Å². The summed E-state index contributed by atoms with van der Waals surface area (Å²) in [7, 11) is 0. The summed E-state index contributed by atoms with van der Waals surface area (Å²) in [6.07, 6.45) is -4.04. The maximum atomic E-state index is 12.3. The van der Waals surface area contributed by atoms with Gasteiger partial charge in [0.25, 0.3) is 0 Å². The SMILES string of the molecule is C=C[C@@H](O)COc1cccc(C(F)(F)F)c1. The summed E-state index contributed by atoms with van der Waals surface area (Å²) >= 11 is 0. The summed E-state index contributed by atoms with van der Waals surface area (Å²) in [6.45, 7) is 3.20. The Morgan fingerprint density at radius 2 is 2.12 bits per heavy atom. The molecule has 1 aromatic rings. The molecule has 0 unspecified atom stereocenters. The van der Waals surface area contributed by atoms with Gasteiger partial charge >= 0.3 is 6.18 Å². The minimum atomic E-state index is -4.39. The number of benzene rings is 1. The fourth-order valence-corrected chi connectivity index (χ4v) is 1.01. The number of aliphatic hydroxyl groups is 1. The Bertz CT molecular complexity index is 360. The lowest BCUT2D eigenvalue weighted by Gasteiger charge is -2.11. The van der Waals surface area contributed by atoms with E-state index in [0.29, 0.717) is 0 Å². The highest BCUT2D eigenvalue weighted by Crippen LogP contribution is 2.31. The van der Waals surface area contributed by atoms with Crippen LogP contribution < -0.4 is 4.74 Å². The fourth-order valence-electron chi connectivity index (χ4n) is 1.01. The minimum absolute atomic E-state index is 0.0655. The fraction of sp³-hybridized carbons (Fsp3) is 0.273. The van der Waals surface area contributed by atoms with E-state index in [4.69, 9.17) is 9.84 Å². The molecule has 88 valence electrons. The van der Waals surface area contributed by atoms with Gasteiger partial charge in [-0.2, -0.15) is 13.2 Å². The van der Waals surface area contributed by atoms with Crippen LogP contribution in [0, 0.1) is 0 Å². The molecule has 0 aromatic heterocycles. The van der Waals surface area contributed by atoms with Crippen LogP contribution in [0.25, 0.3) is 0 Å². The molecule has 0 bridgehead atoms. The molecule has 0 aliphatic heterocycles. The van der Waals surface area contributed by atoms with Crippen molar-refractivity contribution in [3.8, 4) is 5.75 Å². The molecule has 0 saturated carbocycles. The van der Waals surface area contributed by atoms with Crippen molar-refractivity contribution in [3.05, 3.63) is 42.5 Å². The minimum Gasteiger partial charge on any atom is -0.491 e. The number of aliphatic hydroxyl groups excluding tert-OH is 1. The Balaban J connectivity index is 2.72. The summed E-state index contributed by atoms with van der Waals surface area (Å²) < 4.78 is 41.9. The number of ether oxygens (including phenoxy) is 1. The van der Waals surface area contributed by atoms with Gasteiger partial charge in [-0.25, -0.2) is 0 Å². The van der Waals surface area contributed by atoms with Gasteiger partial charge in [0, 0.05) is 0 Å². The van der Waals surface area contributed by atoms with Gasteiger partial charge in [-0.15, -0.1) is 6.58 Å². The predicted octanol–water partition coefficient (Wildman–Crippen LogP) is 2.63. The third-order valence-electron chi connectivity index (χ3n) is 1.85. The van der Waals surface area contributed by atoms with E-state index in [0.717, 1.165) is 12.1 Å². The Hall–Kier alpha value is -1.49. The molecule has 1 rings (SSSR count). The zero-order chi connectivity index (χ0) is 12.2. The van der Waals surface area contributed by atoms with Crippen molar-refractivity contribution < 1.29 is 23.0 Å². The first kappa shape index (κ1) is 12.6. The summed E-state index contributed by atoms with van der Waals surface area (Å²) in [4.78, 5) is 0. The second-order valence-electron chi connectivity index (χ2n) is 3.14. The molecule has 0 spiro atoms. The molecule has 0 amide bonds. The van der Waals surface area contributed by atoms with E-state index in [1.54, 1.807) is 0 Å². The van der Waals surface area contributed by atoms with Crippen molar-refractivity contribution in [2.24, 2.45) is 0 Å². The quantitative estimate of drug-likeness (QED) is 0.808. The molecule has 0 aliphatic carbocycles. The van der Waals surface area contributed by atoms with Crippen LogP contribution >= 0.6 is 0 Å². The summed E-state index contributed by atoms with van der Waals surface area (Å²) in [5.41, 5.74) is -0.780. The lowest BCUT2D eigenvalue weighted by Crippen LogP contribution is -2.14. The van der Waals surface area contributed by atoms with E-state index in [-0.39, 0.29) is 12.4 Å². The maximum absolute atomic E-state index is 12.3. The van der Waals surface area contributed by atoms with Gasteiger partial charge in [-0.05, 0) is 18.2 Å². The molecular weight excluding hydrogens is 221 g/mol. The molecule has 1 N–H and O–H groups in total. The molecule has 0 aliphatic rings. The van der Waals surface area contributed by atoms with Crippen LogP contribution in [-0.2, 0) is 6.18 Å². The van der Waals surface area contributed by atoms with Crippen molar-refractivity contribution in [1.29, 1.82) is 0 Å². The van der Waals surface area contributed by atoms with Gasteiger partial charge in [0.2, 0.25) is 0 Å².